The van der Waals surface area contributed by atoms with Crippen LogP contribution in [0.25, 0.3) is 0 Å². The van der Waals surface area contributed by atoms with Gasteiger partial charge in [0.05, 0.1) is 7.11 Å². The number of allylic oxidation sites excluding steroid dienone is 1. The van der Waals surface area contributed by atoms with E-state index >= 15 is 0 Å². The predicted molar refractivity (Wildman–Crippen MR) is 63.9 cm³/mol. The van der Waals surface area contributed by atoms with Crippen LogP contribution in [0, 0.1) is 0 Å². The number of hydrogen-bond acceptors (Lipinski definition) is 1. The standard InChI is InChI=1S/C12H15BrO/c1-4-5-9(2)11-8-10(13)6-7-12(11)14-3/h4,6-9H,1,5H2,2-3H3. The molecule has 1 unspecified atom stereocenters. The van der Waals surface area contributed by atoms with Crippen LogP contribution >= 0.6 is 15.9 Å². The fourth-order valence-electron chi connectivity index (χ4n) is 1.47. The van der Waals surface area contributed by atoms with Crippen molar-refractivity contribution in [2.75, 3.05) is 7.11 Å². The third-order valence-electron chi connectivity index (χ3n) is 2.24. The van der Waals surface area contributed by atoms with Crippen molar-refractivity contribution in [3.8, 4) is 5.75 Å². The van der Waals surface area contributed by atoms with Crippen molar-refractivity contribution in [3.63, 3.8) is 0 Å². The highest BCUT2D eigenvalue weighted by atomic mass is 79.9. The zero-order chi connectivity index (χ0) is 10.6. The molecule has 0 aliphatic rings. The Morgan fingerprint density at radius 1 is 1.57 bits per heavy atom. The van der Waals surface area contributed by atoms with Crippen molar-refractivity contribution < 1.29 is 4.74 Å². The average Bonchev–Trinajstić information content (AvgIpc) is 2.18. The van der Waals surface area contributed by atoms with E-state index in [0.29, 0.717) is 5.92 Å². The van der Waals surface area contributed by atoms with Crippen LogP contribution in [0.4, 0.5) is 0 Å². The van der Waals surface area contributed by atoms with E-state index in [1.165, 1.54) is 5.56 Å². The highest BCUT2D eigenvalue weighted by Gasteiger charge is 2.10. The maximum atomic E-state index is 5.31. The molecule has 0 amide bonds. The van der Waals surface area contributed by atoms with Gasteiger partial charge < -0.3 is 4.74 Å². The molecule has 14 heavy (non-hydrogen) atoms. The van der Waals surface area contributed by atoms with Crippen LogP contribution in [-0.2, 0) is 0 Å². The van der Waals surface area contributed by atoms with Gasteiger partial charge in [-0.2, -0.15) is 0 Å². The van der Waals surface area contributed by atoms with Gasteiger partial charge in [0, 0.05) is 4.47 Å². The summed E-state index contributed by atoms with van der Waals surface area (Å²) in [6.07, 6.45) is 2.90. The Balaban J connectivity index is 3.02. The molecule has 1 aromatic carbocycles. The molecule has 0 fully saturated rings. The van der Waals surface area contributed by atoms with Gasteiger partial charge in [0.1, 0.15) is 5.75 Å². The van der Waals surface area contributed by atoms with Crippen LogP contribution < -0.4 is 4.74 Å². The molecule has 0 radical (unpaired) electrons. The minimum absolute atomic E-state index is 0.444. The first-order valence-electron chi connectivity index (χ1n) is 4.63. The normalized spacial score (nSPS) is 12.2. The second-order valence-electron chi connectivity index (χ2n) is 3.31. The van der Waals surface area contributed by atoms with E-state index in [4.69, 9.17) is 4.74 Å². The Kier molecular flexibility index (Phi) is 4.21. The maximum absolute atomic E-state index is 5.31. The maximum Gasteiger partial charge on any atom is 0.122 e. The minimum Gasteiger partial charge on any atom is -0.496 e. The van der Waals surface area contributed by atoms with Gasteiger partial charge in [-0.15, -0.1) is 6.58 Å². The summed E-state index contributed by atoms with van der Waals surface area (Å²) in [5.74, 6) is 1.39. The Bertz CT molecular complexity index is 320. The van der Waals surface area contributed by atoms with Gasteiger partial charge in [0.2, 0.25) is 0 Å². The molecule has 2 heteroatoms. The smallest absolute Gasteiger partial charge is 0.122 e. The quantitative estimate of drug-likeness (QED) is 0.735. The monoisotopic (exact) mass is 254 g/mol. The van der Waals surface area contributed by atoms with Gasteiger partial charge >= 0.3 is 0 Å². The lowest BCUT2D eigenvalue weighted by molar-refractivity contribution is 0.406. The summed E-state index contributed by atoms with van der Waals surface area (Å²) in [7, 11) is 1.70. The van der Waals surface area contributed by atoms with E-state index in [1.807, 2.05) is 18.2 Å². The molecule has 0 saturated carbocycles. The van der Waals surface area contributed by atoms with Gasteiger partial charge in [-0.25, -0.2) is 0 Å². The van der Waals surface area contributed by atoms with E-state index in [1.54, 1.807) is 7.11 Å². The molecule has 76 valence electrons. The first-order chi connectivity index (χ1) is 6.69. The molecule has 0 aromatic heterocycles. The van der Waals surface area contributed by atoms with Crippen LogP contribution in [0.1, 0.15) is 24.8 Å². The van der Waals surface area contributed by atoms with E-state index in [9.17, 15) is 0 Å². The van der Waals surface area contributed by atoms with Crippen LogP contribution in [0.15, 0.2) is 35.3 Å². The number of methoxy groups -OCH3 is 1. The van der Waals surface area contributed by atoms with Gasteiger partial charge in [0.15, 0.2) is 0 Å². The second-order valence-corrected chi connectivity index (χ2v) is 4.23. The number of benzene rings is 1. The molecule has 0 aliphatic carbocycles. The first-order valence-corrected chi connectivity index (χ1v) is 5.42. The predicted octanol–water partition coefficient (Wildman–Crippen LogP) is 4.14. The number of ether oxygens (including phenoxy) is 1. The van der Waals surface area contributed by atoms with Crippen molar-refractivity contribution in [1.29, 1.82) is 0 Å². The third kappa shape index (κ3) is 2.61. The molecule has 1 atom stereocenters. The van der Waals surface area contributed by atoms with E-state index in [2.05, 4.69) is 35.5 Å². The molecule has 0 N–H and O–H groups in total. The number of hydrogen-bond donors (Lipinski definition) is 0. The molecule has 0 aliphatic heterocycles. The fraction of sp³-hybridized carbons (Fsp3) is 0.333. The molecule has 0 heterocycles. The van der Waals surface area contributed by atoms with Crippen molar-refractivity contribution >= 4 is 15.9 Å². The summed E-state index contributed by atoms with van der Waals surface area (Å²) in [5.41, 5.74) is 1.22. The van der Waals surface area contributed by atoms with Crippen molar-refractivity contribution in [3.05, 3.63) is 40.9 Å². The second kappa shape index (κ2) is 5.20. The lowest BCUT2D eigenvalue weighted by Gasteiger charge is -2.14. The van der Waals surface area contributed by atoms with E-state index < -0.39 is 0 Å². The van der Waals surface area contributed by atoms with Crippen molar-refractivity contribution in [1.82, 2.24) is 0 Å². The van der Waals surface area contributed by atoms with Gasteiger partial charge in [-0.1, -0.05) is 28.9 Å². The number of rotatable bonds is 4. The summed E-state index contributed by atoms with van der Waals surface area (Å²) < 4.78 is 6.40. The largest absolute Gasteiger partial charge is 0.496 e. The Labute approximate surface area is 93.9 Å². The zero-order valence-electron chi connectivity index (χ0n) is 8.59. The Hall–Kier alpha value is -0.760. The van der Waals surface area contributed by atoms with Crippen LogP contribution in [-0.4, -0.2) is 7.11 Å². The minimum atomic E-state index is 0.444. The lowest BCUT2D eigenvalue weighted by atomic mass is 9.97. The highest BCUT2D eigenvalue weighted by molar-refractivity contribution is 9.10. The molecular weight excluding hydrogens is 240 g/mol. The summed E-state index contributed by atoms with van der Waals surface area (Å²) >= 11 is 3.46. The number of halogens is 1. The topological polar surface area (TPSA) is 9.23 Å². The lowest BCUT2D eigenvalue weighted by Crippen LogP contribution is -1.96. The first kappa shape index (κ1) is 11.3. The van der Waals surface area contributed by atoms with Crippen LogP contribution in [0.5, 0.6) is 5.75 Å². The zero-order valence-corrected chi connectivity index (χ0v) is 10.2. The molecule has 1 aromatic rings. The van der Waals surface area contributed by atoms with Crippen molar-refractivity contribution in [2.45, 2.75) is 19.3 Å². The molecular formula is C12H15BrO. The summed E-state index contributed by atoms with van der Waals surface area (Å²) in [6, 6.07) is 6.08. The van der Waals surface area contributed by atoms with Crippen LogP contribution in [0.2, 0.25) is 0 Å². The van der Waals surface area contributed by atoms with Gasteiger partial charge in [-0.3, -0.25) is 0 Å². The Morgan fingerprint density at radius 2 is 2.29 bits per heavy atom. The SMILES string of the molecule is C=CCC(C)c1cc(Br)ccc1OC. The summed E-state index contributed by atoms with van der Waals surface area (Å²) in [4.78, 5) is 0. The van der Waals surface area contributed by atoms with E-state index in [-0.39, 0.29) is 0 Å². The molecule has 1 nitrogen and oxygen atoms in total. The molecule has 0 spiro atoms. The molecule has 1 rings (SSSR count). The summed E-state index contributed by atoms with van der Waals surface area (Å²) in [6.45, 7) is 5.92. The Morgan fingerprint density at radius 3 is 2.86 bits per heavy atom. The average molecular weight is 255 g/mol. The van der Waals surface area contributed by atoms with Gasteiger partial charge in [0.25, 0.3) is 0 Å². The van der Waals surface area contributed by atoms with Gasteiger partial charge in [-0.05, 0) is 36.1 Å². The molecule has 0 bridgehead atoms. The van der Waals surface area contributed by atoms with E-state index in [0.717, 1.165) is 16.6 Å². The van der Waals surface area contributed by atoms with Crippen molar-refractivity contribution in [2.24, 2.45) is 0 Å². The fourth-order valence-corrected chi connectivity index (χ4v) is 1.85. The highest BCUT2D eigenvalue weighted by Crippen LogP contribution is 2.31. The third-order valence-corrected chi connectivity index (χ3v) is 2.74. The molecule has 0 saturated heterocycles. The van der Waals surface area contributed by atoms with Crippen LogP contribution in [0.3, 0.4) is 0 Å². The summed E-state index contributed by atoms with van der Waals surface area (Å²) in [5, 5.41) is 0.